The Hall–Kier alpha value is -2.52. The van der Waals surface area contributed by atoms with Gasteiger partial charge in [-0.15, -0.1) is 0 Å². The summed E-state index contributed by atoms with van der Waals surface area (Å²) in [7, 11) is 1.50. The number of aromatic nitrogens is 2. The third kappa shape index (κ3) is 4.89. The third-order valence-corrected chi connectivity index (χ3v) is 6.67. The van der Waals surface area contributed by atoms with Gasteiger partial charge >= 0.3 is 6.09 Å². The quantitative estimate of drug-likeness (QED) is 0.674. The van der Waals surface area contributed by atoms with E-state index in [4.69, 9.17) is 14.2 Å². The van der Waals surface area contributed by atoms with Gasteiger partial charge in [-0.25, -0.2) is 14.2 Å². The summed E-state index contributed by atoms with van der Waals surface area (Å²) >= 11 is 0. The number of aliphatic hydroxyl groups excluding tert-OH is 1. The van der Waals surface area contributed by atoms with Crippen LogP contribution >= 0.6 is 0 Å². The first-order valence-corrected chi connectivity index (χ1v) is 11.3. The van der Waals surface area contributed by atoms with E-state index in [0.717, 1.165) is 12.8 Å². The lowest BCUT2D eigenvalue weighted by Gasteiger charge is -2.54. The second-order valence-corrected chi connectivity index (χ2v) is 10.2. The van der Waals surface area contributed by atoms with Crippen molar-refractivity contribution in [1.29, 1.82) is 0 Å². The second kappa shape index (κ2) is 8.68. The summed E-state index contributed by atoms with van der Waals surface area (Å²) in [6.45, 7) is 5.59. The number of fused-ring (bicyclic) bond motifs is 4. The van der Waals surface area contributed by atoms with E-state index in [-0.39, 0.29) is 6.61 Å². The average Bonchev–Trinajstić information content (AvgIpc) is 2.77. The van der Waals surface area contributed by atoms with Crippen LogP contribution in [0.3, 0.4) is 0 Å². The fourth-order valence-electron chi connectivity index (χ4n) is 4.96. The third-order valence-electron chi connectivity index (χ3n) is 6.67. The monoisotopic (exact) mass is 461 g/mol. The van der Waals surface area contributed by atoms with Crippen LogP contribution in [0, 0.1) is 5.82 Å². The van der Waals surface area contributed by atoms with E-state index in [1.807, 2.05) is 20.8 Å². The van der Waals surface area contributed by atoms with E-state index >= 15 is 0 Å². The molecule has 1 aliphatic carbocycles. The lowest BCUT2D eigenvalue weighted by atomic mass is 9.67. The molecule has 2 aromatic heterocycles. The largest absolute Gasteiger partial charge is 0.481 e. The molecule has 1 amide bonds. The van der Waals surface area contributed by atoms with E-state index in [1.54, 1.807) is 12.1 Å². The molecule has 0 radical (unpaired) electrons. The zero-order valence-electron chi connectivity index (χ0n) is 19.6. The molecule has 3 fully saturated rings. The molecule has 8 nitrogen and oxygen atoms in total. The maximum atomic E-state index is 15.0. The van der Waals surface area contributed by atoms with Gasteiger partial charge < -0.3 is 24.6 Å². The second-order valence-electron chi connectivity index (χ2n) is 10.2. The van der Waals surface area contributed by atoms with Crippen LogP contribution in [0.1, 0.15) is 64.4 Å². The summed E-state index contributed by atoms with van der Waals surface area (Å²) in [5, 5.41) is 13.3. The van der Waals surface area contributed by atoms with Crippen LogP contribution in [0.5, 0.6) is 5.88 Å². The minimum atomic E-state index is -0.572. The molecule has 3 aliphatic rings. The van der Waals surface area contributed by atoms with Crippen LogP contribution in [0.2, 0.25) is 0 Å². The zero-order chi connectivity index (χ0) is 23.9. The standard InChI is InChI=1S/C24H32FN3O5/c1-22(2,3)33-21(30)28-23-7-9-24(10-8-23,32-14-23)11-15(13-29)19-16(25)12-26-17-5-6-18(31-4)27-20(17)19/h5-6,12,15,29H,7-11,13-14H2,1-4H3,(H,28,30). The summed E-state index contributed by atoms with van der Waals surface area (Å²) < 4.78 is 31.9. The normalized spacial score (nSPS) is 25.6. The molecule has 5 rings (SSSR count). The number of halogens is 1. The van der Waals surface area contributed by atoms with Gasteiger partial charge in [-0.1, -0.05) is 0 Å². The fraction of sp³-hybridized carbons (Fsp3) is 0.625. The van der Waals surface area contributed by atoms with Crippen molar-refractivity contribution < 1.29 is 28.5 Å². The number of hydrogen-bond donors (Lipinski definition) is 2. The number of alkyl carbamates (subject to hydrolysis) is 1. The van der Waals surface area contributed by atoms with Gasteiger partial charge in [0.15, 0.2) is 0 Å². The number of rotatable bonds is 6. The Morgan fingerprint density at radius 1 is 1.30 bits per heavy atom. The molecular formula is C24H32FN3O5. The minimum Gasteiger partial charge on any atom is -0.481 e. The molecule has 0 spiro atoms. The Balaban J connectivity index is 1.52. The van der Waals surface area contributed by atoms with Gasteiger partial charge in [0.2, 0.25) is 5.88 Å². The van der Waals surface area contributed by atoms with E-state index in [9.17, 15) is 14.3 Å². The number of hydrogen-bond acceptors (Lipinski definition) is 7. The lowest BCUT2D eigenvalue weighted by Crippen LogP contribution is -2.63. The molecule has 0 aromatic carbocycles. The lowest BCUT2D eigenvalue weighted by molar-refractivity contribution is -0.167. The van der Waals surface area contributed by atoms with Crippen molar-refractivity contribution in [1.82, 2.24) is 15.3 Å². The van der Waals surface area contributed by atoms with Gasteiger partial charge in [0.05, 0.1) is 48.7 Å². The number of pyridine rings is 2. The molecule has 2 saturated heterocycles. The molecule has 2 N–H and O–H groups in total. The fourth-order valence-corrected chi connectivity index (χ4v) is 4.96. The molecule has 9 heteroatoms. The van der Waals surface area contributed by atoms with Crippen LogP contribution in [-0.4, -0.2) is 58.2 Å². The van der Waals surface area contributed by atoms with Crippen LogP contribution in [0.15, 0.2) is 18.3 Å². The number of ether oxygens (including phenoxy) is 3. The Morgan fingerprint density at radius 3 is 2.61 bits per heavy atom. The van der Waals surface area contributed by atoms with Crippen LogP contribution in [0.25, 0.3) is 11.0 Å². The molecule has 33 heavy (non-hydrogen) atoms. The summed E-state index contributed by atoms with van der Waals surface area (Å²) in [6, 6.07) is 3.40. The van der Waals surface area contributed by atoms with Gasteiger partial charge in [0.25, 0.3) is 0 Å². The van der Waals surface area contributed by atoms with E-state index < -0.39 is 34.6 Å². The highest BCUT2D eigenvalue weighted by molar-refractivity contribution is 5.79. The summed E-state index contributed by atoms with van der Waals surface area (Å²) in [5.74, 6) is -0.665. The molecule has 2 aromatic rings. The SMILES string of the molecule is COc1ccc2ncc(F)c(C(CO)CC34CCC(NC(=O)OC(C)(C)C)(CC3)CO4)c2n1. The van der Waals surface area contributed by atoms with Crippen molar-refractivity contribution in [2.45, 2.75) is 75.5 Å². The molecule has 1 atom stereocenters. The van der Waals surface area contributed by atoms with Crippen LogP contribution in [0.4, 0.5) is 9.18 Å². The Bertz CT molecular complexity index is 1010. The van der Waals surface area contributed by atoms with Gasteiger partial charge in [-0.3, -0.25) is 4.98 Å². The zero-order valence-corrected chi connectivity index (χ0v) is 19.6. The minimum absolute atomic E-state index is 0.249. The molecule has 180 valence electrons. The smallest absolute Gasteiger partial charge is 0.408 e. The highest BCUT2D eigenvalue weighted by atomic mass is 19.1. The van der Waals surface area contributed by atoms with Crippen molar-refractivity contribution in [3.05, 3.63) is 29.7 Å². The number of carbonyl (C=O) groups excluding carboxylic acids is 1. The molecule has 1 unspecified atom stereocenters. The van der Waals surface area contributed by atoms with Crippen molar-refractivity contribution in [3.63, 3.8) is 0 Å². The van der Waals surface area contributed by atoms with E-state index in [2.05, 4.69) is 15.3 Å². The van der Waals surface area contributed by atoms with E-state index in [1.165, 1.54) is 13.3 Å². The Kier molecular flexibility index (Phi) is 6.22. The maximum Gasteiger partial charge on any atom is 0.408 e. The van der Waals surface area contributed by atoms with Crippen molar-refractivity contribution in [2.75, 3.05) is 20.3 Å². The van der Waals surface area contributed by atoms with Crippen molar-refractivity contribution in [2.24, 2.45) is 0 Å². The molecule has 4 heterocycles. The van der Waals surface area contributed by atoms with Gasteiger partial charge in [0.1, 0.15) is 11.4 Å². The predicted molar refractivity (Wildman–Crippen MR) is 120 cm³/mol. The number of nitrogens with zero attached hydrogens (tertiary/aromatic N) is 2. The van der Waals surface area contributed by atoms with Crippen LogP contribution in [-0.2, 0) is 9.47 Å². The topological polar surface area (TPSA) is 103 Å². The van der Waals surface area contributed by atoms with Crippen molar-refractivity contribution in [3.8, 4) is 5.88 Å². The van der Waals surface area contributed by atoms with Crippen LogP contribution < -0.4 is 10.1 Å². The number of nitrogens with one attached hydrogen (secondary N) is 1. The Morgan fingerprint density at radius 2 is 2.03 bits per heavy atom. The van der Waals surface area contributed by atoms with Gasteiger partial charge in [-0.05, 0) is 58.9 Å². The van der Waals surface area contributed by atoms with E-state index in [0.29, 0.717) is 48.3 Å². The molecule has 1 saturated carbocycles. The average molecular weight is 462 g/mol. The number of methoxy groups -OCH3 is 1. The number of carbonyl (C=O) groups is 1. The predicted octanol–water partition coefficient (Wildman–Crippen LogP) is 3.85. The van der Waals surface area contributed by atoms with Gasteiger partial charge in [-0.2, -0.15) is 0 Å². The first-order chi connectivity index (χ1) is 15.6. The first kappa shape index (κ1) is 23.6. The summed E-state index contributed by atoms with van der Waals surface area (Å²) in [5.41, 5.74) is -0.270. The highest BCUT2D eigenvalue weighted by Crippen LogP contribution is 2.48. The summed E-state index contributed by atoms with van der Waals surface area (Å²) in [4.78, 5) is 20.9. The first-order valence-electron chi connectivity index (χ1n) is 11.3. The highest BCUT2D eigenvalue weighted by Gasteiger charge is 2.51. The molecule has 2 bridgehead atoms. The number of aliphatic hydroxyl groups is 1. The summed E-state index contributed by atoms with van der Waals surface area (Å²) in [6.07, 6.45) is 4.03. The Labute approximate surface area is 192 Å². The van der Waals surface area contributed by atoms with Crippen molar-refractivity contribution >= 4 is 17.1 Å². The maximum absolute atomic E-state index is 15.0. The number of amides is 1. The van der Waals surface area contributed by atoms with Gasteiger partial charge in [0, 0.05) is 17.5 Å². The molecular weight excluding hydrogens is 429 g/mol. The molecule has 2 aliphatic heterocycles.